The van der Waals surface area contributed by atoms with Crippen LogP contribution in [0.1, 0.15) is 0 Å². The average Bonchev–Trinajstić information content (AvgIpc) is 3.25. The minimum absolute atomic E-state index is 0.0578. The van der Waals surface area contributed by atoms with E-state index in [0.29, 0.717) is 10.8 Å². The van der Waals surface area contributed by atoms with Gasteiger partial charge in [0.1, 0.15) is 0 Å². The highest BCUT2D eigenvalue weighted by Gasteiger charge is 2.29. The largest absolute Gasteiger partial charge is 0.289 e. The van der Waals surface area contributed by atoms with Crippen LogP contribution in [0.5, 0.6) is 0 Å². The van der Waals surface area contributed by atoms with Crippen LogP contribution in [0.25, 0.3) is 43.1 Å². The molecule has 5 rings (SSSR count). The van der Waals surface area contributed by atoms with Crippen molar-refractivity contribution in [3.05, 3.63) is 56.8 Å². The van der Waals surface area contributed by atoms with Gasteiger partial charge < -0.3 is 0 Å². The first-order valence-corrected chi connectivity index (χ1v) is 5.89. The highest BCUT2D eigenvalue weighted by atomic mass is 16.1. The van der Waals surface area contributed by atoms with Gasteiger partial charge in [0, 0.05) is 21.5 Å². The summed E-state index contributed by atoms with van der Waals surface area (Å²) < 4.78 is 0. The van der Waals surface area contributed by atoms with Crippen LogP contribution in [0.3, 0.4) is 0 Å². The molecule has 0 spiro atoms. The van der Waals surface area contributed by atoms with Gasteiger partial charge in [-0.05, 0) is 33.7 Å². The van der Waals surface area contributed by atoms with Crippen molar-refractivity contribution >= 4 is 43.1 Å². The van der Waals surface area contributed by atoms with Gasteiger partial charge in [0.25, 0.3) is 0 Å². The number of fused-ring (bicyclic) bond motifs is 7. The third-order valence-corrected chi connectivity index (χ3v) is 3.96. The molecule has 0 N–H and O–H groups in total. The Morgan fingerprint density at radius 3 is 1.50 bits per heavy atom. The SMILES string of the molecule is O=c1c2c3cc4ccccc4cc3c3c(=O)c3c12. The normalized spacial score (nSPS) is 12.9. The van der Waals surface area contributed by atoms with Crippen LogP contribution >= 0.6 is 0 Å². The van der Waals surface area contributed by atoms with Crippen LogP contribution in [0.15, 0.2) is 46.0 Å². The minimum Gasteiger partial charge on any atom is -0.289 e. The van der Waals surface area contributed by atoms with Crippen molar-refractivity contribution in [3.8, 4) is 0 Å². The third kappa shape index (κ3) is 0.768. The van der Waals surface area contributed by atoms with E-state index in [4.69, 9.17) is 0 Å². The summed E-state index contributed by atoms with van der Waals surface area (Å²) in [6, 6.07) is 12.1. The summed E-state index contributed by atoms with van der Waals surface area (Å²) >= 11 is 0. The average molecular weight is 230 g/mol. The molecule has 2 heteroatoms. The molecule has 0 aliphatic heterocycles. The lowest BCUT2D eigenvalue weighted by Gasteiger charge is -1.99. The molecule has 0 atom stereocenters. The van der Waals surface area contributed by atoms with Crippen LogP contribution in [0.4, 0.5) is 0 Å². The van der Waals surface area contributed by atoms with Crippen molar-refractivity contribution < 1.29 is 0 Å². The zero-order valence-corrected chi connectivity index (χ0v) is 9.28. The quantitative estimate of drug-likeness (QED) is 0.383. The van der Waals surface area contributed by atoms with Gasteiger partial charge in [0.05, 0.1) is 0 Å². The Hall–Kier alpha value is -2.48. The van der Waals surface area contributed by atoms with Crippen LogP contribution < -0.4 is 10.9 Å². The first-order valence-electron chi connectivity index (χ1n) is 5.89. The van der Waals surface area contributed by atoms with E-state index in [1.165, 1.54) is 0 Å². The van der Waals surface area contributed by atoms with Gasteiger partial charge in [0.15, 0.2) is 10.9 Å². The molecule has 0 aromatic heterocycles. The van der Waals surface area contributed by atoms with Crippen LogP contribution in [-0.2, 0) is 0 Å². The monoisotopic (exact) mass is 230 g/mol. The molecule has 0 saturated heterocycles. The van der Waals surface area contributed by atoms with Gasteiger partial charge in [0.2, 0.25) is 0 Å². The second-order valence-corrected chi connectivity index (χ2v) is 4.90. The van der Waals surface area contributed by atoms with E-state index in [9.17, 15) is 9.59 Å². The van der Waals surface area contributed by atoms with Crippen LogP contribution in [0, 0.1) is 0 Å². The predicted octanol–water partition coefficient (Wildman–Crippen LogP) is 2.77. The summed E-state index contributed by atoms with van der Waals surface area (Å²) in [5, 5.41) is 6.99. The number of benzene rings is 3. The van der Waals surface area contributed by atoms with E-state index in [2.05, 4.69) is 0 Å². The minimum atomic E-state index is 0.0578. The van der Waals surface area contributed by atoms with E-state index >= 15 is 0 Å². The lowest BCUT2D eigenvalue weighted by molar-refractivity contribution is 1.81. The van der Waals surface area contributed by atoms with Gasteiger partial charge in [-0.2, -0.15) is 0 Å². The lowest BCUT2D eigenvalue weighted by Crippen LogP contribution is -1.78. The Balaban J connectivity index is 2.20. The van der Waals surface area contributed by atoms with Gasteiger partial charge in [-0.1, -0.05) is 24.3 Å². The topological polar surface area (TPSA) is 34.1 Å². The molecule has 0 radical (unpaired) electrons. The molecule has 5 aromatic rings. The van der Waals surface area contributed by atoms with Crippen molar-refractivity contribution in [3.63, 3.8) is 0 Å². The number of rotatable bonds is 0. The zero-order chi connectivity index (χ0) is 12.0. The fourth-order valence-electron chi connectivity index (χ4n) is 2.99. The van der Waals surface area contributed by atoms with Crippen LogP contribution in [-0.4, -0.2) is 0 Å². The standard InChI is InChI=1S/C16H6O2/c17-15-11-9-5-7-3-1-2-4-8(7)6-10(9)12-14(13(11)15)16(12)18/h1-6H. The zero-order valence-electron chi connectivity index (χ0n) is 9.28. The van der Waals surface area contributed by atoms with E-state index < -0.39 is 0 Å². The molecular weight excluding hydrogens is 224 g/mol. The van der Waals surface area contributed by atoms with E-state index in [-0.39, 0.29) is 10.9 Å². The molecule has 0 unspecified atom stereocenters. The fourth-order valence-corrected chi connectivity index (χ4v) is 2.99. The highest BCUT2D eigenvalue weighted by Crippen LogP contribution is 2.39. The Kier molecular flexibility index (Phi) is 1.13. The maximum Gasteiger partial charge on any atom is 0.195 e. The van der Waals surface area contributed by atoms with E-state index in [0.717, 1.165) is 32.3 Å². The summed E-state index contributed by atoms with van der Waals surface area (Å²) in [5.41, 5.74) is 0.116. The van der Waals surface area contributed by atoms with E-state index in [1.54, 1.807) is 0 Å². The van der Waals surface area contributed by atoms with Crippen molar-refractivity contribution in [2.24, 2.45) is 0 Å². The van der Waals surface area contributed by atoms with Crippen molar-refractivity contribution in [2.75, 3.05) is 0 Å². The highest BCUT2D eigenvalue weighted by molar-refractivity contribution is 6.38. The summed E-state index contributed by atoms with van der Waals surface area (Å²) in [6.07, 6.45) is 0. The fraction of sp³-hybridized carbons (Fsp3) is 0. The molecule has 0 saturated carbocycles. The summed E-state index contributed by atoms with van der Waals surface area (Å²) in [5.74, 6) is 0. The number of hydrogen-bond acceptors (Lipinski definition) is 2. The Bertz CT molecular complexity index is 1050. The molecular formula is C16H6O2. The van der Waals surface area contributed by atoms with Gasteiger partial charge in [-0.3, -0.25) is 9.59 Å². The molecule has 18 heavy (non-hydrogen) atoms. The molecule has 0 fully saturated rings. The smallest absolute Gasteiger partial charge is 0.195 e. The second-order valence-electron chi connectivity index (χ2n) is 4.90. The third-order valence-electron chi connectivity index (χ3n) is 3.96. The summed E-state index contributed by atoms with van der Waals surface area (Å²) in [6.45, 7) is 0. The molecule has 0 bridgehead atoms. The van der Waals surface area contributed by atoms with Gasteiger partial charge >= 0.3 is 0 Å². The molecule has 0 heterocycles. The summed E-state index contributed by atoms with van der Waals surface area (Å²) in [4.78, 5) is 23.5. The molecule has 0 amide bonds. The Labute approximate surface area is 100 Å². The first-order chi connectivity index (χ1) is 8.77. The predicted molar refractivity (Wildman–Crippen MR) is 73.8 cm³/mol. The van der Waals surface area contributed by atoms with Crippen molar-refractivity contribution in [2.45, 2.75) is 0 Å². The second kappa shape index (κ2) is 2.36. The van der Waals surface area contributed by atoms with Gasteiger partial charge in [-0.15, -0.1) is 0 Å². The van der Waals surface area contributed by atoms with Crippen molar-refractivity contribution in [1.82, 2.24) is 0 Å². The molecule has 0 aliphatic carbocycles. The molecule has 0 aliphatic rings. The Morgan fingerprint density at radius 1 is 0.611 bits per heavy atom. The van der Waals surface area contributed by atoms with Crippen molar-refractivity contribution in [1.29, 1.82) is 0 Å². The molecule has 2 nitrogen and oxygen atoms in total. The maximum absolute atomic E-state index is 11.7. The van der Waals surface area contributed by atoms with E-state index in [1.807, 2.05) is 36.4 Å². The Morgan fingerprint density at radius 2 is 1.06 bits per heavy atom. The van der Waals surface area contributed by atoms with Crippen LogP contribution in [0.2, 0.25) is 0 Å². The maximum atomic E-state index is 11.7. The first kappa shape index (κ1) is 8.59. The molecule has 82 valence electrons. The summed E-state index contributed by atoms with van der Waals surface area (Å²) in [7, 11) is 0. The lowest BCUT2D eigenvalue weighted by atomic mass is 10.0. The number of hydrogen-bond donors (Lipinski definition) is 0. The molecule has 5 aromatic carbocycles. The van der Waals surface area contributed by atoms with Gasteiger partial charge in [-0.25, -0.2) is 0 Å².